The third-order valence-corrected chi connectivity index (χ3v) is 5.36. The van der Waals surface area contributed by atoms with E-state index in [9.17, 15) is 0 Å². The summed E-state index contributed by atoms with van der Waals surface area (Å²) in [6.07, 6.45) is 15.5. The third-order valence-electron chi connectivity index (χ3n) is 5.36. The van der Waals surface area contributed by atoms with Crippen molar-refractivity contribution < 1.29 is 10.2 Å². The lowest BCUT2D eigenvalue weighted by Crippen LogP contribution is -2.47. The minimum atomic E-state index is -0.790. The Morgan fingerprint density at radius 2 is 1.12 bits per heavy atom. The van der Waals surface area contributed by atoms with Crippen LogP contribution in [0.15, 0.2) is 24.3 Å². The molecule has 0 radical (unpaired) electrons. The Kier molecular flexibility index (Phi) is 12.6. The van der Waals surface area contributed by atoms with Gasteiger partial charge in [-0.15, -0.1) is 0 Å². The van der Waals surface area contributed by atoms with Crippen LogP contribution in [-0.2, 0) is 12.8 Å². The van der Waals surface area contributed by atoms with Gasteiger partial charge in [-0.2, -0.15) is 0 Å². The Bertz CT molecular complexity index is 440. The normalized spacial score (nSPS) is 11.8. The SMILES string of the molecule is CCCCCCc1ccc(CCCCCCCCC(N)(CO)CO)cc1. The van der Waals surface area contributed by atoms with Crippen molar-refractivity contribution in [2.75, 3.05) is 13.2 Å². The Morgan fingerprint density at radius 1 is 0.692 bits per heavy atom. The molecule has 0 aromatic heterocycles. The molecule has 0 fully saturated rings. The number of hydrogen-bond acceptors (Lipinski definition) is 3. The molecule has 1 aromatic rings. The smallest absolute Gasteiger partial charge is 0.0633 e. The molecule has 4 N–H and O–H groups in total. The summed E-state index contributed by atoms with van der Waals surface area (Å²) in [5, 5.41) is 18.3. The summed E-state index contributed by atoms with van der Waals surface area (Å²) < 4.78 is 0. The van der Waals surface area contributed by atoms with Gasteiger partial charge in [-0.05, 0) is 43.2 Å². The van der Waals surface area contributed by atoms with Crippen molar-refractivity contribution >= 4 is 0 Å². The van der Waals surface area contributed by atoms with Crippen LogP contribution in [0, 0.1) is 0 Å². The van der Waals surface area contributed by atoms with E-state index in [2.05, 4.69) is 31.2 Å². The molecular formula is C23H41NO2. The topological polar surface area (TPSA) is 66.5 Å². The fourth-order valence-electron chi connectivity index (χ4n) is 3.35. The molecule has 0 spiro atoms. The number of nitrogens with two attached hydrogens (primary N) is 1. The summed E-state index contributed by atoms with van der Waals surface area (Å²) in [7, 11) is 0. The van der Waals surface area contributed by atoms with Crippen LogP contribution < -0.4 is 5.73 Å². The molecule has 0 aliphatic heterocycles. The summed E-state index contributed by atoms with van der Waals surface area (Å²) in [6, 6.07) is 9.23. The lowest BCUT2D eigenvalue weighted by Gasteiger charge is -2.24. The van der Waals surface area contributed by atoms with E-state index in [0.29, 0.717) is 6.42 Å². The zero-order chi connectivity index (χ0) is 19.1. The second-order valence-electron chi connectivity index (χ2n) is 7.93. The Labute approximate surface area is 161 Å². The highest BCUT2D eigenvalue weighted by molar-refractivity contribution is 5.22. The molecule has 1 rings (SSSR count). The van der Waals surface area contributed by atoms with Crippen molar-refractivity contribution in [3.63, 3.8) is 0 Å². The van der Waals surface area contributed by atoms with Crippen molar-refractivity contribution in [1.82, 2.24) is 0 Å². The van der Waals surface area contributed by atoms with Crippen LogP contribution in [0.2, 0.25) is 0 Å². The fraction of sp³-hybridized carbons (Fsp3) is 0.739. The van der Waals surface area contributed by atoms with Gasteiger partial charge in [0.05, 0.1) is 18.8 Å². The number of aliphatic hydroxyl groups excluding tert-OH is 2. The zero-order valence-corrected chi connectivity index (χ0v) is 16.9. The number of aryl methyl sites for hydroxylation is 2. The van der Waals surface area contributed by atoms with E-state index in [1.54, 1.807) is 0 Å². The van der Waals surface area contributed by atoms with Crippen LogP contribution in [0.4, 0.5) is 0 Å². The van der Waals surface area contributed by atoms with E-state index in [1.807, 2.05) is 0 Å². The number of hydrogen-bond donors (Lipinski definition) is 3. The summed E-state index contributed by atoms with van der Waals surface area (Å²) in [6.45, 7) is 1.98. The first-order valence-corrected chi connectivity index (χ1v) is 10.7. The Morgan fingerprint density at radius 3 is 1.58 bits per heavy atom. The molecule has 3 heteroatoms. The molecule has 26 heavy (non-hydrogen) atoms. The minimum Gasteiger partial charge on any atom is -0.394 e. The van der Waals surface area contributed by atoms with Gasteiger partial charge in [0.25, 0.3) is 0 Å². The quantitative estimate of drug-likeness (QED) is 0.371. The number of benzene rings is 1. The van der Waals surface area contributed by atoms with E-state index >= 15 is 0 Å². The predicted molar refractivity (Wildman–Crippen MR) is 111 cm³/mol. The largest absolute Gasteiger partial charge is 0.394 e. The number of aliphatic hydroxyl groups is 2. The monoisotopic (exact) mass is 363 g/mol. The van der Waals surface area contributed by atoms with Crippen molar-refractivity contribution in [2.45, 2.75) is 95.9 Å². The lowest BCUT2D eigenvalue weighted by atomic mass is 9.94. The standard InChI is InChI=1S/C23H41NO2/c1-2-3-4-9-12-21-14-16-22(17-15-21)13-10-7-5-6-8-11-18-23(24,19-25)20-26/h14-17,25-26H,2-13,18-20,24H2,1H3. The number of rotatable bonds is 16. The molecule has 0 bridgehead atoms. The van der Waals surface area contributed by atoms with Gasteiger partial charge in [0.15, 0.2) is 0 Å². The minimum absolute atomic E-state index is 0.138. The molecule has 0 amide bonds. The third kappa shape index (κ3) is 10.3. The van der Waals surface area contributed by atoms with Crippen LogP contribution >= 0.6 is 0 Å². The maximum absolute atomic E-state index is 9.16. The van der Waals surface area contributed by atoms with E-state index < -0.39 is 5.54 Å². The first-order valence-electron chi connectivity index (χ1n) is 10.7. The van der Waals surface area contributed by atoms with E-state index in [0.717, 1.165) is 12.8 Å². The van der Waals surface area contributed by atoms with E-state index in [4.69, 9.17) is 15.9 Å². The second kappa shape index (κ2) is 14.2. The summed E-state index contributed by atoms with van der Waals surface area (Å²) >= 11 is 0. The highest BCUT2D eigenvalue weighted by Crippen LogP contribution is 2.15. The van der Waals surface area contributed by atoms with Crippen LogP contribution in [-0.4, -0.2) is 29.0 Å². The van der Waals surface area contributed by atoms with Crippen molar-refractivity contribution in [3.8, 4) is 0 Å². The average Bonchev–Trinajstić information content (AvgIpc) is 2.68. The molecule has 1 aromatic carbocycles. The molecule has 0 aliphatic carbocycles. The Hall–Kier alpha value is -0.900. The number of unbranched alkanes of at least 4 members (excludes halogenated alkanes) is 8. The van der Waals surface area contributed by atoms with Gasteiger partial charge in [0, 0.05) is 0 Å². The van der Waals surface area contributed by atoms with Crippen LogP contribution in [0.5, 0.6) is 0 Å². The summed E-state index contributed by atoms with van der Waals surface area (Å²) in [5.41, 5.74) is 8.02. The molecule has 0 aliphatic rings. The lowest BCUT2D eigenvalue weighted by molar-refractivity contribution is 0.112. The first-order chi connectivity index (χ1) is 12.6. The summed E-state index contributed by atoms with van der Waals surface area (Å²) in [4.78, 5) is 0. The summed E-state index contributed by atoms with van der Waals surface area (Å²) in [5.74, 6) is 0. The maximum Gasteiger partial charge on any atom is 0.0633 e. The van der Waals surface area contributed by atoms with Crippen molar-refractivity contribution in [3.05, 3.63) is 35.4 Å². The van der Waals surface area contributed by atoms with Crippen molar-refractivity contribution in [1.29, 1.82) is 0 Å². The first kappa shape index (κ1) is 23.1. The van der Waals surface area contributed by atoms with Crippen molar-refractivity contribution in [2.24, 2.45) is 5.73 Å². The van der Waals surface area contributed by atoms with Gasteiger partial charge < -0.3 is 15.9 Å². The van der Waals surface area contributed by atoms with Crippen LogP contribution in [0.25, 0.3) is 0 Å². The van der Waals surface area contributed by atoms with Gasteiger partial charge in [-0.1, -0.05) is 82.6 Å². The van der Waals surface area contributed by atoms with Gasteiger partial charge in [0.2, 0.25) is 0 Å². The molecule has 0 atom stereocenters. The molecule has 150 valence electrons. The molecule has 0 saturated heterocycles. The van der Waals surface area contributed by atoms with Gasteiger partial charge in [-0.25, -0.2) is 0 Å². The van der Waals surface area contributed by atoms with Gasteiger partial charge >= 0.3 is 0 Å². The molecular weight excluding hydrogens is 322 g/mol. The van der Waals surface area contributed by atoms with Gasteiger partial charge in [-0.3, -0.25) is 0 Å². The molecule has 0 unspecified atom stereocenters. The highest BCUT2D eigenvalue weighted by Gasteiger charge is 2.21. The maximum atomic E-state index is 9.16. The second-order valence-corrected chi connectivity index (χ2v) is 7.93. The molecule has 0 saturated carbocycles. The molecule has 3 nitrogen and oxygen atoms in total. The zero-order valence-electron chi connectivity index (χ0n) is 16.9. The molecule has 0 heterocycles. The fourth-order valence-corrected chi connectivity index (χ4v) is 3.35. The van der Waals surface area contributed by atoms with Crippen LogP contribution in [0.3, 0.4) is 0 Å². The Balaban J connectivity index is 2.04. The predicted octanol–water partition coefficient (Wildman–Crippen LogP) is 4.76. The van der Waals surface area contributed by atoms with E-state index in [-0.39, 0.29) is 13.2 Å². The van der Waals surface area contributed by atoms with Crippen LogP contribution in [0.1, 0.15) is 88.7 Å². The van der Waals surface area contributed by atoms with E-state index in [1.165, 1.54) is 75.3 Å². The average molecular weight is 364 g/mol. The highest BCUT2D eigenvalue weighted by atomic mass is 16.3. The van der Waals surface area contributed by atoms with Gasteiger partial charge in [0.1, 0.15) is 0 Å².